The van der Waals surface area contributed by atoms with E-state index >= 15 is 0 Å². The number of carbonyl (C=O) groups is 1. The largest absolute Gasteiger partial charge is 0.392 e. The van der Waals surface area contributed by atoms with E-state index in [4.69, 9.17) is 0 Å². The molecule has 1 aromatic rings. The van der Waals surface area contributed by atoms with E-state index in [9.17, 15) is 9.90 Å². The first kappa shape index (κ1) is 18.0. The molecule has 0 saturated carbocycles. The summed E-state index contributed by atoms with van der Waals surface area (Å²) in [5, 5.41) is 9.51. The normalized spacial score (nSPS) is 21.3. The van der Waals surface area contributed by atoms with Crippen molar-refractivity contribution < 1.29 is 9.90 Å². The van der Waals surface area contributed by atoms with Crippen LogP contribution in [0.5, 0.6) is 0 Å². The van der Waals surface area contributed by atoms with E-state index in [0.717, 1.165) is 18.7 Å². The summed E-state index contributed by atoms with van der Waals surface area (Å²) in [7, 11) is 0. The molecule has 4 nitrogen and oxygen atoms in total. The molecule has 1 N–H and O–H groups in total. The predicted molar refractivity (Wildman–Crippen MR) is 93.8 cm³/mol. The van der Waals surface area contributed by atoms with Gasteiger partial charge in [0.15, 0.2) is 0 Å². The van der Waals surface area contributed by atoms with E-state index < -0.39 is 0 Å². The molecule has 2 rings (SSSR count). The molecule has 0 unspecified atom stereocenters. The van der Waals surface area contributed by atoms with Gasteiger partial charge in [0.05, 0.1) is 6.10 Å². The van der Waals surface area contributed by atoms with Crippen molar-refractivity contribution in [3.05, 3.63) is 35.4 Å². The Balaban J connectivity index is 2.03. The lowest BCUT2D eigenvalue weighted by Gasteiger charge is -2.40. The Hall–Kier alpha value is -1.39. The van der Waals surface area contributed by atoms with E-state index in [2.05, 4.69) is 44.7 Å². The molecule has 0 spiro atoms. The fourth-order valence-corrected chi connectivity index (χ4v) is 3.15. The van der Waals surface area contributed by atoms with Gasteiger partial charge in [0.25, 0.3) is 5.91 Å². The maximum absolute atomic E-state index is 12.8. The molecule has 0 aliphatic carbocycles. The zero-order valence-corrected chi connectivity index (χ0v) is 15.0. The Morgan fingerprint density at radius 3 is 2.35 bits per heavy atom. The number of amides is 1. The maximum Gasteiger partial charge on any atom is 0.254 e. The van der Waals surface area contributed by atoms with Gasteiger partial charge < -0.3 is 10.0 Å². The minimum Gasteiger partial charge on any atom is -0.392 e. The molecule has 1 fully saturated rings. The maximum atomic E-state index is 12.8. The highest BCUT2D eigenvalue weighted by molar-refractivity contribution is 5.94. The first-order chi connectivity index (χ1) is 10.7. The second-order valence-electron chi connectivity index (χ2n) is 7.78. The molecule has 1 aliphatic heterocycles. The Morgan fingerprint density at radius 1 is 1.26 bits per heavy atom. The molecule has 1 heterocycles. The smallest absolute Gasteiger partial charge is 0.254 e. The predicted octanol–water partition coefficient (Wildman–Crippen LogP) is 2.51. The summed E-state index contributed by atoms with van der Waals surface area (Å²) in [4.78, 5) is 16.9. The number of hydrogen-bond donors (Lipinski definition) is 1. The van der Waals surface area contributed by atoms with Crippen molar-refractivity contribution in [2.75, 3.05) is 26.2 Å². The van der Waals surface area contributed by atoms with Gasteiger partial charge in [-0.05, 0) is 37.0 Å². The second-order valence-corrected chi connectivity index (χ2v) is 7.78. The van der Waals surface area contributed by atoms with Gasteiger partial charge in [-0.1, -0.05) is 32.9 Å². The monoisotopic (exact) mass is 318 g/mol. The quantitative estimate of drug-likeness (QED) is 0.931. The number of aliphatic hydroxyl groups is 1. The van der Waals surface area contributed by atoms with E-state index in [0.29, 0.717) is 13.1 Å². The van der Waals surface area contributed by atoms with Gasteiger partial charge in [-0.25, -0.2) is 0 Å². The average Bonchev–Trinajstić information content (AvgIpc) is 2.45. The summed E-state index contributed by atoms with van der Waals surface area (Å²) in [5.41, 5.74) is 2.10. The van der Waals surface area contributed by atoms with Gasteiger partial charge in [-0.3, -0.25) is 9.69 Å². The van der Waals surface area contributed by atoms with Crippen LogP contribution in [0.4, 0.5) is 0 Å². The summed E-state index contributed by atoms with van der Waals surface area (Å²) < 4.78 is 0. The summed E-state index contributed by atoms with van der Waals surface area (Å²) in [6.45, 7) is 13.4. The van der Waals surface area contributed by atoms with Gasteiger partial charge in [-0.15, -0.1) is 0 Å². The fraction of sp³-hybridized carbons (Fsp3) is 0.632. The molecule has 1 saturated heterocycles. The minimum atomic E-state index is -0.325. The van der Waals surface area contributed by atoms with Crippen LogP contribution < -0.4 is 0 Å². The molecular weight excluding hydrogens is 288 g/mol. The SMILES string of the molecule is C[C@@H](O)CN1CCN(C(=O)c2ccc(C(C)(C)C)cc2)[C@@H](C)C1. The zero-order valence-electron chi connectivity index (χ0n) is 15.0. The molecule has 1 aromatic carbocycles. The van der Waals surface area contributed by atoms with E-state index in [1.54, 1.807) is 6.92 Å². The summed E-state index contributed by atoms with van der Waals surface area (Å²) in [6, 6.07) is 8.16. The van der Waals surface area contributed by atoms with Gasteiger partial charge >= 0.3 is 0 Å². The zero-order chi connectivity index (χ0) is 17.2. The van der Waals surface area contributed by atoms with Crippen LogP contribution in [0.3, 0.4) is 0 Å². The lowest BCUT2D eigenvalue weighted by Crippen LogP contribution is -2.55. The lowest BCUT2D eigenvalue weighted by molar-refractivity contribution is 0.0383. The number of benzene rings is 1. The van der Waals surface area contributed by atoms with Crippen molar-refractivity contribution >= 4 is 5.91 Å². The van der Waals surface area contributed by atoms with Crippen molar-refractivity contribution in [2.24, 2.45) is 0 Å². The average molecular weight is 318 g/mol. The molecule has 1 aliphatic rings. The van der Waals surface area contributed by atoms with Crippen molar-refractivity contribution in [1.29, 1.82) is 0 Å². The van der Waals surface area contributed by atoms with Crippen LogP contribution >= 0.6 is 0 Å². The Labute approximate surface area is 140 Å². The summed E-state index contributed by atoms with van der Waals surface area (Å²) >= 11 is 0. The number of nitrogens with zero attached hydrogens (tertiary/aromatic N) is 2. The molecular formula is C19H30N2O2. The van der Waals surface area contributed by atoms with Crippen LogP contribution in [-0.2, 0) is 5.41 Å². The highest BCUT2D eigenvalue weighted by Crippen LogP contribution is 2.23. The van der Waals surface area contributed by atoms with Gasteiger partial charge in [0, 0.05) is 37.8 Å². The third-order valence-corrected chi connectivity index (χ3v) is 4.49. The first-order valence-corrected chi connectivity index (χ1v) is 8.50. The van der Waals surface area contributed by atoms with Crippen LogP contribution in [0.1, 0.15) is 50.5 Å². The van der Waals surface area contributed by atoms with Crippen molar-refractivity contribution in [1.82, 2.24) is 9.80 Å². The molecule has 0 radical (unpaired) electrons. The number of hydrogen-bond acceptors (Lipinski definition) is 3. The van der Waals surface area contributed by atoms with Gasteiger partial charge in [0.1, 0.15) is 0 Å². The lowest BCUT2D eigenvalue weighted by atomic mass is 9.86. The van der Waals surface area contributed by atoms with Crippen LogP contribution in [0.15, 0.2) is 24.3 Å². The molecule has 2 atom stereocenters. The Kier molecular flexibility index (Phi) is 5.48. The van der Waals surface area contributed by atoms with Gasteiger partial charge in [-0.2, -0.15) is 0 Å². The Morgan fingerprint density at radius 2 is 1.87 bits per heavy atom. The molecule has 0 aromatic heterocycles. The van der Waals surface area contributed by atoms with E-state index in [1.807, 2.05) is 17.0 Å². The third-order valence-electron chi connectivity index (χ3n) is 4.49. The van der Waals surface area contributed by atoms with Crippen LogP contribution in [0, 0.1) is 0 Å². The van der Waals surface area contributed by atoms with E-state index in [-0.39, 0.29) is 23.5 Å². The number of β-amino-alcohol motifs (C(OH)–C–C–N with tert-alkyl or cyclic N) is 1. The molecule has 0 bridgehead atoms. The molecule has 1 amide bonds. The van der Waals surface area contributed by atoms with Crippen molar-refractivity contribution in [3.63, 3.8) is 0 Å². The number of rotatable bonds is 3. The summed E-state index contributed by atoms with van der Waals surface area (Å²) in [6.07, 6.45) is -0.325. The minimum absolute atomic E-state index is 0.0987. The van der Waals surface area contributed by atoms with Crippen molar-refractivity contribution in [3.8, 4) is 0 Å². The summed E-state index contributed by atoms with van der Waals surface area (Å²) in [5.74, 6) is 0.106. The van der Waals surface area contributed by atoms with Crippen molar-refractivity contribution in [2.45, 2.75) is 52.2 Å². The fourth-order valence-electron chi connectivity index (χ4n) is 3.15. The molecule has 128 valence electrons. The van der Waals surface area contributed by atoms with Crippen LogP contribution in [0.25, 0.3) is 0 Å². The van der Waals surface area contributed by atoms with Crippen LogP contribution in [-0.4, -0.2) is 59.1 Å². The van der Waals surface area contributed by atoms with E-state index in [1.165, 1.54) is 5.56 Å². The number of piperazine rings is 1. The topological polar surface area (TPSA) is 43.8 Å². The first-order valence-electron chi connectivity index (χ1n) is 8.50. The molecule has 23 heavy (non-hydrogen) atoms. The third kappa shape index (κ3) is 4.55. The Bertz CT molecular complexity index is 531. The second kappa shape index (κ2) is 7.02. The standard InChI is InChI=1S/C19H30N2O2/c1-14-12-20(13-15(2)22)10-11-21(14)18(23)16-6-8-17(9-7-16)19(3,4)5/h6-9,14-15,22H,10-13H2,1-5H3/t14-,15+/m0/s1. The molecule has 4 heteroatoms. The highest BCUT2D eigenvalue weighted by atomic mass is 16.3. The number of carbonyl (C=O) groups excluding carboxylic acids is 1. The number of aliphatic hydroxyl groups excluding tert-OH is 1. The van der Waals surface area contributed by atoms with Gasteiger partial charge in [0.2, 0.25) is 0 Å². The highest BCUT2D eigenvalue weighted by Gasteiger charge is 2.28. The van der Waals surface area contributed by atoms with Crippen LogP contribution in [0.2, 0.25) is 0 Å².